The van der Waals surface area contributed by atoms with Crippen molar-refractivity contribution < 1.29 is 26.7 Å². The number of anilines is 2. The summed E-state index contributed by atoms with van der Waals surface area (Å²) in [5, 5.41) is 12.5. The van der Waals surface area contributed by atoms with Crippen molar-refractivity contribution >= 4 is 58.9 Å². The molecule has 0 spiro atoms. The first-order valence-corrected chi connectivity index (χ1v) is 18.4. The molecule has 1 heterocycles. The number of unbranched alkanes of at least 4 members (excludes halogenated alkanes) is 1. The van der Waals surface area contributed by atoms with Gasteiger partial charge in [0.1, 0.15) is 5.70 Å². The van der Waals surface area contributed by atoms with Crippen molar-refractivity contribution in [1.29, 1.82) is 0 Å². The van der Waals surface area contributed by atoms with Crippen molar-refractivity contribution in [1.82, 2.24) is 14.3 Å². The maximum absolute atomic E-state index is 13.6. The van der Waals surface area contributed by atoms with Gasteiger partial charge in [-0.3, -0.25) is 9.62 Å². The molecule has 5 rings (SSSR count). The first kappa shape index (κ1) is 34.2. The van der Waals surface area contributed by atoms with Gasteiger partial charge in [0, 0.05) is 61.1 Å². The van der Waals surface area contributed by atoms with Crippen molar-refractivity contribution in [3.05, 3.63) is 84.6 Å². The van der Waals surface area contributed by atoms with Crippen LogP contribution in [0.3, 0.4) is 0 Å². The third-order valence-electron chi connectivity index (χ3n) is 8.39. The second-order valence-corrected chi connectivity index (χ2v) is 15.4. The molecule has 1 unspecified atom stereocenters. The highest BCUT2D eigenvalue weighted by Crippen LogP contribution is 2.32. The molecule has 0 aromatic heterocycles. The minimum Gasteiger partial charge on any atom is -0.477 e. The van der Waals surface area contributed by atoms with Crippen LogP contribution in [0.2, 0.25) is 0 Å². The van der Waals surface area contributed by atoms with E-state index in [2.05, 4.69) is 9.44 Å². The van der Waals surface area contributed by atoms with Gasteiger partial charge in [-0.2, -0.15) is 4.72 Å². The van der Waals surface area contributed by atoms with Gasteiger partial charge in [-0.25, -0.2) is 21.6 Å². The summed E-state index contributed by atoms with van der Waals surface area (Å²) in [6.45, 7) is 1.19. The molecule has 4 aromatic rings. The third-order valence-corrected chi connectivity index (χ3v) is 11.3. The molecular formula is C34H41N5O6S2. The molecule has 0 amide bonds. The molecule has 0 bridgehead atoms. The van der Waals surface area contributed by atoms with Gasteiger partial charge in [0.25, 0.3) is 10.0 Å². The second kappa shape index (κ2) is 13.9. The van der Waals surface area contributed by atoms with Crippen LogP contribution in [0.1, 0.15) is 25.7 Å². The summed E-state index contributed by atoms with van der Waals surface area (Å²) < 4.78 is 59.2. The molecule has 4 aromatic carbocycles. The third kappa shape index (κ3) is 7.38. The van der Waals surface area contributed by atoms with Crippen molar-refractivity contribution in [2.45, 2.75) is 41.6 Å². The maximum Gasteiger partial charge on any atom is 0.352 e. The van der Waals surface area contributed by atoms with E-state index < -0.39 is 37.9 Å². The van der Waals surface area contributed by atoms with E-state index in [9.17, 15) is 26.7 Å². The van der Waals surface area contributed by atoms with E-state index in [0.717, 1.165) is 28.6 Å². The Labute approximate surface area is 276 Å². The van der Waals surface area contributed by atoms with Gasteiger partial charge in [-0.15, -0.1) is 0 Å². The van der Waals surface area contributed by atoms with Gasteiger partial charge in [0.05, 0.1) is 16.0 Å². The summed E-state index contributed by atoms with van der Waals surface area (Å²) >= 11 is 0. The summed E-state index contributed by atoms with van der Waals surface area (Å²) in [4.78, 5) is 18.1. The highest BCUT2D eigenvalue weighted by Gasteiger charge is 2.30. The number of sulfonamides is 2. The number of fused-ring (bicyclic) bond motifs is 2. The summed E-state index contributed by atoms with van der Waals surface area (Å²) in [5.74, 6) is -1.39. The summed E-state index contributed by atoms with van der Waals surface area (Å²) in [7, 11) is -0.498. The van der Waals surface area contributed by atoms with Crippen LogP contribution in [-0.2, 0) is 24.8 Å². The summed E-state index contributed by atoms with van der Waals surface area (Å²) in [6.07, 6.45) is 3.18. The lowest BCUT2D eigenvalue weighted by Gasteiger charge is -2.25. The molecule has 1 aliphatic rings. The van der Waals surface area contributed by atoms with Crippen LogP contribution in [0.15, 0.2) is 94.4 Å². The zero-order chi connectivity index (χ0) is 33.9. The lowest BCUT2D eigenvalue weighted by molar-refractivity contribution is -0.132. The average molecular weight is 680 g/mol. The number of hydrogen-bond donors (Lipinski definition) is 3. The average Bonchev–Trinajstić information content (AvgIpc) is 3.46. The van der Waals surface area contributed by atoms with E-state index >= 15 is 0 Å². The van der Waals surface area contributed by atoms with Gasteiger partial charge < -0.3 is 14.9 Å². The van der Waals surface area contributed by atoms with Crippen molar-refractivity contribution in [2.75, 3.05) is 51.1 Å². The largest absolute Gasteiger partial charge is 0.477 e. The zero-order valence-electron chi connectivity index (χ0n) is 27.0. The fourth-order valence-electron chi connectivity index (χ4n) is 6.16. The number of likely N-dealkylation sites (tertiary alicyclic amines) is 1. The molecule has 0 aliphatic carbocycles. The number of nitrogens with zero attached hydrogens (tertiary/aromatic N) is 3. The van der Waals surface area contributed by atoms with Crippen molar-refractivity contribution in [2.24, 2.45) is 0 Å². The Hall–Kier alpha value is -4.17. The molecule has 250 valence electrons. The van der Waals surface area contributed by atoms with Crippen LogP contribution in [0.4, 0.5) is 11.4 Å². The fraction of sp³-hybridized carbons (Fsp3) is 0.324. The standard InChI is InChI=1S/C34H41N5O6S2/c1-37(2)29-17-7-14-26-24(29)12-9-19-31(26)46(42,43)35-28(34(40)41)16-5-6-22-39-23-11-21-33(39)36-47(44,45)32-20-10-13-25-27(32)15-8-18-30(25)38(3)4/h7-10,12-20,33,35-36H,5-6,11,21-23H2,1-4H3,(H,40,41)/b28-16+. The van der Waals surface area contributed by atoms with E-state index in [1.807, 2.05) is 79.3 Å². The van der Waals surface area contributed by atoms with E-state index in [0.29, 0.717) is 36.7 Å². The lowest BCUT2D eigenvalue weighted by atomic mass is 10.1. The van der Waals surface area contributed by atoms with Gasteiger partial charge in [-0.05, 0) is 63.0 Å². The van der Waals surface area contributed by atoms with E-state index in [-0.39, 0.29) is 16.2 Å². The topological polar surface area (TPSA) is 139 Å². The number of allylic oxidation sites excluding steroid dienone is 1. The normalized spacial score (nSPS) is 16.1. The first-order chi connectivity index (χ1) is 22.3. The van der Waals surface area contributed by atoms with Gasteiger partial charge in [0.2, 0.25) is 10.0 Å². The van der Waals surface area contributed by atoms with Crippen LogP contribution >= 0.6 is 0 Å². The molecule has 1 aliphatic heterocycles. The predicted molar refractivity (Wildman–Crippen MR) is 187 cm³/mol. The van der Waals surface area contributed by atoms with Gasteiger partial charge in [-0.1, -0.05) is 54.6 Å². The minimum absolute atomic E-state index is 0.0119. The van der Waals surface area contributed by atoms with Crippen LogP contribution in [-0.4, -0.2) is 80.3 Å². The summed E-state index contributed by atoms with van der Waals surface area (Å²) in [5.41, 5.74) is 1.33. The molecule has 3 N–H and O–H groups in total. The van der Waals surface area contributed by atoms with Crippen LogP contribution in [0.25, 0.3) is 21.5 Å². The first-order valence-electron chi connectivity index (χ1n) is 15.4. The Bertz CT molecular complexity index is 2040. The van der Waals surface area contributed by atoms with Gasteiger partial charge >= 0.3 is 5.97 Å². The number of carbonyl (C=O) groups is 1. The zero-order valence-corrected chi connectivity index (χ0v) is 28.6. The Morgan fingerprint density at radius 2 is 1.32 bits per heavy atom. The Morgan fingerprint density at radius 3 is 1.85 bits per heavy atom. The number of carboxylic acid groups (broad SMARTS) is 1. The summed E-state index contributed by atoms with van der Waals surface area (Å²) in [6, 6.07) is 21.1. The Kier molecular flexibility index (Phi) is 10.1. The van der Waals surface area contributed by atoms with E-state index in [1.165, 1.54) is 12.1 Å². The van der Waals surface area contributed by atoms with Crippen LogP contribution < -0.4 is 19.2 Å². The predicted octanol–water partition coefficient (Wildman–Crippen LogP) is 4.55. The van der Waals surface area contributed by atoms with E-state index in [1.54, 1.807) is 30.3 Å². The second-order valence-electron chi connectivity index (χ2n) is 12.0. The molecule has 1 saturated heterocycles. The number of benzene rings is 4. The fourth-order valence-corrected chi connectivity index (χ4v) is 8.93. The molecule has 0 saturated carbocycles. The van der Waals surface area contributed by atoms with Crippen molar-refractivity contribution in [3.8, 4) is 0 Å². The van der Waals surface area contributed by atoms with E-state index in [4.69, 9.17) is 0 Å². The SMILES string of the molecule is CN(C)c1cccc2c(S(=O)(=O)N/C(=C/CCCN3CCCC3NS(=O)(=O)c3cccc4c(N(C)C)cccc34)C(=O)O)cccc12. The molecule has 0 radical (unpaired) electrons. The monoisotopic (exact) mass is 679 g/mol. The highest BCUT2D eigenvalue weighted by molar-refractivity contribution is 7.90. The van der Waals surface area contributed by atoms with Crippen molar-refractivity contribution in [3.63, 3.8) is 0 Å². The molecule has 13 heteroatoms. The molecule has 11 nitrogen and oxygen atoms in total. The number of hydrogen-bond acceptors (Lipinski definition) is 8. The Morgan fingerprint density at radius 1 is 0.809 bits per heavy atom. The van der Waals surface area contributed by atoms with Crippen LogP contribution in [0, 0.1) is 0 Å². The quantitative estimate of drug-likeness (QED) is 0.137. The smallest absolute Gasteiger partial charge is 0.352 e. The van der Waals surface area contributed by atoms with Gasteiger partial charge in [0.15, 0.2) is 0 Å². The highest BCUT2D eigenvalue weighted by atomic mass is 32.2. The number of aliphatic carboxylic acids is 1. The molecule has 1 fully saturated rings. The molecule has 47 heavy (non-hydrogen) atoms. The minimum atomic E-state index is -4.21. The number of rotatable bonds is 13. The molecule has 1 atom stereocenters. The number of carboxylic acids is 1. The van der Waals surface area contributed by atoms with Crippen LogP contribution in [0.5, 0.6) is 0 Å². The molecular weight excluding hydrogens is 639 g/mol. The number of nitrogens with one attached hydrogen (secondary N) is 2. The maximum atomic E-state index is 13.6. The lowest BCUT2D eigenvalue weighted by Crippen LogP contribution is -2.44. The Balaban J connectivity index is 1.26.